The number of carbonyl (C=O) groups excluding carboxylic acids is 1. The van der Waals surface area contributed by atoms with Crippen molar-refractivity contribution in [3.63, 3.8) is 0 Å². The van der Waals surface area contributed by atoms with Crippen LogP contribution < -0.4 is 10.2 Å². The van der Waals surface area contributed by atoms with E-state index < -0.39 is 17.6 Å². The maximum Gasteiger partial charge on any atom is 0.416 e. The summed E-state index contributed by atoms with van der Waals surface area (Å²) in [6.07, 6.45) is -0.659. The molecule has 0 bridgehead atoms. The van der Waals surface area contributed by atoms with Crippen molar-refractivity contribution >= 4 is 16.9 Å². The summed E-state index contributed by atoms with van der Waals surface area (Å²) in [4.78, 5) is 31.6. The van der Waals surface area contributed by atoms with Crippen molar-refractivity contribution in [1.82, 2.24) is 25.4 Å². The van der Waals surface area contributed by atoms with Gasteiger partial charge in [-0.1, -0.05) is 6.07 Å². The summed E-state index contributed by atoms with van der Waals surface area (Å²) in [5.41, 5.74) is 3.06. The van der Waals surface area contributed by atoms with Gasteiger partial charge in [-0.25, -0.2) is 24.8 Å². The molecule has 0 unspecified atom stereocenters. The van der Waals surface area contributed by atoms with Gasteiger partial charge in [-0.3, -0.25) is 9.63 Å². The molecule has 36 heavy (non-hydrogen) atoms. The number of H-pyrrole nitrogens is 1. The van der Waals surface area contributed by atoms with Crippen molar-refractivity contribution in [3.8, 4) is 28.5 Å². The highest BCUT2D eigenvalue weighted by Crippen LogP contribution is 2.33. The lowest BCUT2D eigenvalue weighted by Gasteiger charge is -2.33. The van der Waals surface area contributed by atoms with Gasteiger partial charge in [0.1, 0.15) is 17.7 Å². The first-order chi connectivity index (χ1) is 17.2. The standard InChI is InChI=1S/C24H19F4N5O3/c1-35-33-22(34)13-6-16(7-13)36-23-29-10-14(11-30-23)12-2-4-17(18(25)8-12)21-31-19-5-3-15(24(26,27)28)9-20(19)32-21/h2-5,8-11,13,16H,6-7H2,1H3,(H,31,32)(H,33,34)/t13-,16+. The van der Waals surface area contributed by atoms with Gasteiger partial charge in [0, 0.05) is 23.9 Å². The zero-order valence-corrected chi connectivity index (χ0v) is 18.8. The number of hydrogen-bond donors (Lipinski definition) is 2. The molecule has 1 amide bonds. The zero-order valence-electron chi connectivity index (χ0n) is 18.8. The van der Waals surface area contributed by atoms with Gasteiger partial charge in [0.05, 0.1) is 29.3 Å². The Bertz CT molecular complexity index is 1420. The molecule has 0 spiro atoms. The fourth-order valence-corrected chi connectivity index (χ4v) is 3.93. The molecule has 0 saturated heterocycles. The first-order valence-corrected chi connectivity index (χ1v) is 10.9. The number of ether oxygens (including phenoxy) is 1. The monoisotopic (exact) mass is 501 g/mol. The van der Waals surface area contributed by atoms with E-state index in [1.165, 1.54) is 37.7 Å². The number of hydroxylamine groups is 1. The summed E-state index contributed by atoms with van der Waals surface area (Å²) in [5, 5.41) is 0. The number of imidazole rings is 1. The van der Waals surface area contributed by atoms with Crippen molar-refractivity contribution in [1.29, 1.82) is 0 Å². The summed E-state index contributed by atoms with van der Waals surface area (Å²) in [6, 6.07) is 7.66. The molecule has 8 nitrogen and oxygen atoms in total. The summed E-state index contributed by atoms with van der Waals surface area (Å²) in [7, 11) is 1.37. The van der Waals surface area contributed by atoms with Crippen molar-refractivity contribution in [2.24, 2.45) is 5.92 Å². The predicted octanol–water partition coefficient (Wildman–Crippen LogP) is 4.68. The Morgan fingerprint density at radius 1 is 1.08 bits per heavy atom. The third-order valence-electron chi connectivity index (χ3n) is 5.94. The van der Waals surface area contributed by atoms with Gasteiger partial charge in [0.15, 0.2) is 0 Å². The maximum atomic E-state index is 14.9. The highest BCUT2D eigenvalue weighted by molar-refractivity contribution is 5.81. The van der Waals surface area contributed by atoms with Gasteiger partial charge in [0.2, 0.25) is 5.91 Å². The number of benzene rings is 2. The molecule has 0 aliphatic heterocycles. The molecule has 2 aromatic carbocycles. The number of nitrogens with zero attached hydrogens (tertiary/aromatic N) is 3. The van der Waals surface area contributed by atoms with Crippen molar-refractivity contribution < 1.29 is 31.9 Å². The molecule has 186 valence electrons. The fraction of sp³-hybridized carbons (Fsp3) is 0.250. The van der Waals surface area contributed by atoms with Crippen LogP contribution >= 0.6 is 0 Å². The lowest BCUT2D eigenvalue weighted by Crippen LogP contribution is -2.43. The average Bonchev–Trinajstić information content (AvgIpc) is 3.24. The third kappa shape index (κ3) is 4.71. The van der Waals surface area contributed by atoms with E-state index in [4.69, 9.17) is 4.74 Å². The second-order valence-corrected chi connectivity index (χ2v) is 8.34. The van der Waals surface area contributed by atoms with Crippen molar-refractivity contribution in [2.75, 3.05) is 7.11 Å². The Labute approximate surface area is 201 Å². The second-order valence-electron chi connectivity index (χ2n) is 8.34. The number of rotatable bonds is 6. The molecule has 2 heterocycles. The van der Waals surface area contributed by atoms with Crippen LogP contribution in [0.1, 0.15) is 18.4 Å². The molecule has 0 radical (unpaired) electrons. The topological polar surface area (TPSA) is 102 Å². The lowest BCUT2D eigenvalue weighted by molar-refractivity contribution is -0.141. The number of aromatic amines is 1. The quantitative estimate of drug-likeness (QED) is 0.294. The number of halogens is 4. The molecule has 5 rings (SSSR count). The number of fused-ring (bicyclic) bond motifs is 1. The van der Waals surface area contributed by atoms with Crippen LogP contribution in [0, 0.1) is 11.7 Å². The number of amides is 1. The van der Waals surface area contributed by atoms with E-state index >= 15 is 0 Å². The molecule has 2 N–H and O–H groups in total. The van der Waals surface area contributed by atoms with Gasteiger partial charge in [-0.05, 0) is 48.7 Å². The maximum absolute atomic E-state index is 14.9. The summed E-state index contributed by atoms with van der Waals surface area (Å²) >= 11 is 0. The number of hydrogen-bond acceptors (Lipinski definition) is 6. The molecular weight excluding hydrogens is 482 g/mol. The first-order valence-electron chi connectivity index (χ1n) is 10.9. The number of nitrogens with one attached hydrogen (secondary N) is 2. The van der Waals surface area contributed by atoms with Gasteiger partial charge in [-0.15, -0.1) is 0 Å². The Hall–Kier alpha value is -4.06. The molecule has 1 aliphatic rings. The minimum Gasteiger partial charge on any atom is -0.460 e. The number of alkyl halides is 3. The largest absolute Gasteiger partial charge is 0.460 e. The van der Waals surface area contributed by atoms with E-state index in [0.717, 1.165) is 12.1 Å². The minimum atomic E-state index is -4.50. The average molecular weight is 501 g/mol. The Balaban J connectivity index is 1.28. The van der Waals surface area contributed by atoms with E-state index in [-0.39, 0.29) is 40.8 Å². The normalized spacial score (nSPS) is 17.6. The molecule has 12 heteroatoms. The van der Waals surface area contributed by atoms with E-state index in [1.54, 1.807) is 6.07 Å². The highest BCUT2D eigenvalue weighted by Gasteiger charge is 2.36. The third-order valence-corrected chi connectivity index (χ3v) is 5.94. The van der Waals surface area contributed by atoms with Crippen molar-refractivity contribution in [3.05, 3.63) is 60.2 Å². The van der Waals surface area contributed by atoms with Crippen LogP contribution in [0.2, 0.25) is 0 Å². The van der Waals surface area contributed by atoms with Crippen LogP contribution in [-0.2, 0) is 15.8 Å². The number of aromatic nitrogens is 4. The first kappa shape index (κ1) is 23.7. The van der Waals surface area contributed by atoms with Gasteiger partial charge < -0.3 is 9.72 Å². The van der Waals surface area contributed by atoms with E-state index in [2.05, 4.69) is 30.3 Å². The Morgan fingerprint density at radius 2 is 1.83 bits per heavy atom. The van der Waals surface area contributed by atoms with E-state index in [0.29, 0.717) is 29.5 Å². The molecule has 0 atom stereocenters. The van der Waals surface area contributed by atoms with E-state index in [1.807, 2.05) is 0 Å². The van der Waals surface area contributed by atoms with Gasteiger partial charge in [0.25, 0.3) is 0 Å². The fourth-order valence-electron chi connectivity index (χ4n) is 3.93. The lowest BCUT2D eigenvalue weighted by atomic mass is 9.82. The van der Waals surface area contributed by atoms with Crippen LogP contribution in [0.3, 0.4) is 0 Å². The SMILES string of the molecule is CONC(=O)[C@H]1C[C@@H](Oc2ncc(-c3ccc(-c4nc5cc(C(F)(F)F)ccc5[nH]4)c(F)c3)cn2)C1. The second kappa shape index (κ2) is 9.19. The smallest absolute Gasteiger partial charge is 0.416 e. The van der Waals surface area contributed by atoms with Crippen molar-refractivity contribution in [2.45, 2.75) is 25.1 Å². The summed E-state index contributed by atoms with van der Waals surface area (Å²) in [6.45, 7) is 0. The molecule has 1 aliphatic carbocycles. The van der Waals surface area contributed by atoms with Gasteiger partial charge in [-0.2, -0.15) is 13.2 Å². The van der Waals surface area contributed by atoms with Crippen LogP contribution in [-0.4, -0.2) is 39.1 Å². The Kier molecular flexibility index (Phi) is 6.04. The molecule has 1 saturated carbocycles. The highest BCUT2D eigenvalue weighted by atomic mass is 19.4. The molecular formula is C24H19F4N5O3. The molecule has 1 fully saturated rings. The molecule has 4 aromatic rings. The van der Waals surface area contributed by atoms with Gasteiger partial charge >= 0.3 is 12.2 Å². The van der Waals surface area contributed by atoms with Crippen LogP contribution in [0.15, 0.2) is 48.8 Å². The minimum absolute atomic E-state index is 0.0874. The van der Waals surface area contributed by atoms with Crippen LogP contribution in [0.4, 0.5) is 17.6 Å². The Morgan fingerprint density at radius 3 is 2.50 bits per heavy atom. The van der Waals surface area contributed by atoms with Crippen LogP contribution in [0.5, 0.6) is 6.01 Å². The zero-order chi connectivity index (χ0) is 25.4. The molecule has 2 aromatic heterocycles. The van der Waals surface area contributed by atoms with E-state index in [9.17, 15) is 22.4 Å². The number of carbonyl (C=O) groups is 1. The summed E-state index contributed by atoms with van der Waals surface area (Å²) in [5.74, 6) is -0.883. The van der Waals surface area contributed by atoms with Crippen LogP contribution in [0.25, 0.3) is 33.5 Å². The predicted molar refractivity (Wildman–Crippen MR) is 120 cm³/mol. The summed E-state index contributed by atoms with van der Waals surface area (Å²) < 4.78 is 59.5.